The molecule has 4 aromatic carbocycles. The molecule has 10 nitrogen and oxygen atoms in total. The van der Waals surface area contributed by atoms with Crippen LogP contribution in [0.5, 0.6) is 23.0 Å². The van der Waals surface area contributed by atoms with Crippen LogP contribution in [-0.4, -0.2) is 74.8 Å². The molecule has 258 valence electrons. The second kappa shape index (κ2) is 14.0. The third-order valence-corrected chi connectivity index (χ3v) is 9.50. The van der Waals surface area contributed by atoms with Gasteiger partial charge >= 0.3 is 0 Å². The van der Waals surface area contributed by atoms with Gasteiger partial charge in [-0.3, -0.25) is 19.5 Å². The minimum atomic E-state index is -0.234. The first-order chi connectivity index (χ1) is 24.2. The molecule has 1 saturated heterocycles. The molecule has 1 fully saturated rings. The fourth-order valence-corrected chi connectivity index (χ4v) is 6.89. The van der Waals surface area contributed by atoms with Gasteiger partial charge in [0.15, 0.2) is 11.5 Å². The highest BCUT2D eigenvalue weighted by Gasteiger charge is 2.37. The molecule has 7 rings (SSSR count). The molecule has 2 amide bonds. The summed E-state index contributed by atoms with van der Waals surface area (Å²) in [5.41, 5.74) is 3.67. The van der Waals surface area contributed by atoms with Crippen LogP contribution in [0.4, 0.5) is 11.4 Å². The first kappa shape index (κ1) is 33.3. The molecule has 0 spiro atoms. The summed E-state index contributed by atoms with van der Waals surface area (Å²) >= 11 is 0. The van der Waals surface area contributed by atoms with Crippen molar-refractivity contribution < 1.29 is 28.5 Å². The number of anilines is 2. The van der Waals surface area contributed by atoms with Crippen molar-refractivity contribution in [2.75, 3.05) is 63.3 Å². The maximum Gasteiger partial charge on any atom is 0.256 e. The Morgan fingerprint density at radius 3 is 2.58 bits per heavy atom. The molecule has 5 aromatic rings. The van der Waals surface area contributed by atoms with Crippen LogP contribution >= 0.6 is 0 Å². The summed E-state index contributed by atoms with van der Waals surface area (Å²) in [6.07, 6.45) is 2.61. The molecule has 0 unspecified atom stereocenters. The van der Waals surface area contributed by atoms with E-state index in [2.05, 4.69) is 29.0 Å². The van der Waals surface area contributed by atoms with E-state index in [1.807, 2.05) is 72.8 Å². The lowest BCUT2D eigenvalue weighted by Gasteiger charge is -2.26. The highest BCUT2D eigenvalue weighted by Crippen LogP contribution is 2.42. The highest BCUT2D eigenvalue weighted by molar-refractivity contribution is 6.13. The zero-order valence-corrected chi connectivity index (χ0v) is 29.0. The summed E-state index contributed by atoms with van der Waals surface area (Å²) in [6.45, 7) is 11.4. The van der Waals surface area contributed by atoms with Crippen LogP contribution in [0.3, 0.4) is 0 Å². The van der Waals surface area contributed by atoms with Gasteiger partial charge in [0, 0.05) is 73.1 Å². The van der Waals surface area contributed by atoms with E-state index in [0.717, 1.165) is 72.2 Å². The standard InChI is InChI=1S/C40H42N4O6/c1-26(45)44-25-40(2,3)33-12-9-28(22-35(33)44)42-39(46)31-8-5-7-27-21-29(10-11-30(27)31)50-36-13-14-41-34-24-38(37(47-4)23-32(34)36)49-18-6-15-43-16-19-48-20-17-43/h5,7-14,21-24H,6,15-20,25H2,1-4H3,(H,42,46). The Balaban J connectivity index is 1.07. The topological polar surface area (TPSA) is 102 Å². The summed E-state index contributed by atoms with van der Waals surface area (Å²) in [4.78, 5) is 34.7. The number of rotatable bonds is 10. The Hall–Kier alpha value is -5.19. The van der Waals surface area contributed by atoms with E-state index >= 15 is 0 Å². The summed E-state index contributed by atoms with van der Waals surface area (Å²) in [5, 5.41) is 5.49. The molecule has 0 aliphatic carbocycles. The van der Waals surface area contributed by atoms with Gasteiger partial charge < -0.3 is 29.2 Å². The number of methoxy groups -OCH3 is 1. The van der Waals surface area contributed by atoms with Gasteiger partial charge in [-0.15, -0.1) is 0 Å². The number of amides is 2. The summed E-state index contributed by atoms with van der Waals surface area (Å²) in [6, 6.07) is 22.7. The van der Waals surface area contributed by atoms with E-state index in [9.17, 15) is 9.59 Å². The van der Waals surface area contributed by atoms with Crippen molar-refractivity contribution in [3.05, 3.63) is 90.1 Å². The van der Waals surface area contributed by atoms with Crippen molar-refractivity contribution in [2.24, 2.45) is 0 Å². The Morgan fingerprint density at radius 2 is 1.78 bits per heavy atom. The molecule has 1 aromatic heterocycles. The van der Waals surface area contributed by atoms with Crippen LogP contribution in [0.25, 0.3) is 21.7 Å². The largest absolute Gasteiger partial charge is 0.493 e. The zero-order chi connectivity index (χ0) is 34.8. The van der Waals surface area contributed by atoms with Crippen molar-refractivity contribution in [1.82, 2.24) is 9.88 Å². The lowest BCUT2D eigenvalue weighted by Crippen LogP contribution is -2.37. The number of nitrogens with zero attached hydrogens (tertiary/aromatic N) is 3. The molecule has 10 heteroatoms. The fourth-order valence-electron chi connectivity index (χ4n) is 6.89. The van der Waals surface area contributed by atoms with Crippen molar-refractivity contribution in [3.63, 3.8) is 0 Å². The van der Waals surface area contributed by atoms with Gasteiger partial charge in [-0.05, 0) is 71.3 Å². The average Bonchev–Trinajstić information content (AvgIpc) is 3.39. The number of hydrogen-bond acceptors (Lipinski definition) is 8. The molecule has 2 aliphatic rings. The predicted molar refractivity (Wildman–Crippen MR) is 195 cm³/mol. The van der Waals surface area contributed by atoms with Crippen LogP contribution in [0, 0.1) is 0 Å². The van der Waals surface area contributed by atoms with E-state index < -0.39 is 0 Å². The normalized spacial score (nSPS) is 15.6. The van der Waals surface area contributed by atoms with Crippen LogP contribution in [0.15, 0.2) is 79.0 Å². The van der Waals surface area contributed by atoms with E-state index in [4.69, 9.17) is 18.9 Å². The van der Waals surface area contributed by atoms with Gasteiger partial charge in [0.05, 0.1) is 32.4 Å². The summed E-state index contributed by atoms with van der Waals surface area (Å²) < 4.78 is 23.7. The van der Waals surface area contributed by atoms with Crippen molar-refractivity contribution in [1.29, 1.82) is 0 Å². The monoisotopic (exact) mass is 674 g/mol. The SMILES string of the molecule is COc1cc2c(Oc3ccc4c(C(=O)Nc5ccc6c(c5)N(C(C)=O)CC6(C)C)cccc4c3)ccnc2cc1OCCCN1CCOCC1. The van der Waals surface area contributed by atoms with E-state index in [0.29, 0.717) is 47.4 Å². The number of ether oxygens (including phenoxy) is 4. The number of morpholine rings is 1. The maximum atomic E-state index is 13.6. The third-order valence-electron chi connectivity index (χ3n) is 9.50. The Kier molecular flexibility index (Phi) is 9.31. The number of hydrogen-bond donors (Lipinski definition) is 1. The van der Waals surface area contributed by atoms with Gasteiger partial charge in [-0.25, -0.2) is 0 Å². The molecule has 1 N–H and O–H groups in total. The number of pyridine rings is 1. The number of fused-ring (bicyclic) bond motifs is 3. The molecule has 0 atom stereocenters. The molecular weight excluding hydrogens is 632 g/mol. The van der Waals surface area contributed by atoms with Gasteiger partial charge in [-0.1, -0.05) is 32.0 Å². The lowest BCUT2D eigenvalue weighted by atomic mass is 9.87. The number of benzene rings is 4. The highest BCUT2D eigenvalue weighted by atomic mass is 16.5. The first-order valence-corrected chi connectivity index (χ1v) is 17.0. The Labute approximate surface area is 291 Å². The Bertz CT molecular complexity index is 2070. The zero-order valence-electron chi connectivity index (χ0n) is 29.0. The number of nitrogens with one attached hydrogen (secondary N) is 1. The predicted octanol–water partition coefficient (Wildman–Crippen LogP) is 7.19. The number of carbonyl (C=O) groups excluding carboxylic acids is 2. The minimum Gasteiger partial charge on any atom is -0.493 e. The van der Waals surface area contributed by atoms with Crippen LogP contribution in [0.1, 0.15) is 43.1 Å². The molecule has 2 aliphatic heterocycles. The second-order valence-electron chi connectivity index (χ2n) is 13.5. The van der Waals surface area contributed by atoms with Crippen LogP contribution in [0.2, 0.25) is 0 Å². The minimum absolute atomic E-state index is 0.0178. The first-order valence-electron chi connectivity index (χ1n) is 17.0. The number of carbonyl (C=O) groups is 2. The smallest absolute Gasteiger partial charge is 0.256 e. The third kappa shape index (κ3) is 6.81. The molecule has 0 saturated carbocycles. The van der Waals surface area contributed by atoms with Crippen molar-refractivity contribution in [3.8, 4) is 23.0 Å². The molecular formula is C40H42N4O6. The summed E-state index contributed by atoms with van der Waals surface area (Å²) in [7, 11) is 1.63. The van der Waals surface area contributed by atoms with Crippen molar-refractivity contribution in [2.45, 2.75) is 32.6 Å². The molecule has 0 radical (unpaired) electrons. The second-order valence-corrected chi connectivity index (χ2v) is 13.5. The van der Waals surface area contributed by atoms with Crippen molar-refractivity contribution >= 4 is 44.9 Å². The van der Waals surface area contributed by atoms with Gasteiger partial charge in [-0.2, -0.15) is 0 Å². The van der Waals surface area contributed by atoms with E-state index in [-0.39, 0.29) is 17.2 Å². The fraction of sp³-hybridized carbons (Fsp3) is 0.325. The lowest BCUT2D eigenvalue weighted by molar-refractivity contribution is -0.116. The van der Waals surface area contributed by atoms with Crippen LogP contribution < -0.4 is 24.4 Å². The van der Waals surface area contributed by atoms with Gasteiger partial charge in [0.1, 0.15) is 11.5 Å². The molecule has 3 heterocycles. The number of aromatic nitrogens is 1. The Morgan fingerprint density at radius 1 is 0.940 bits per heavy atom. The van der Waals surface area contributed by atoms with E-state index in [1.165, 1.54) is 0 Å². The molecule has 50 heavy (non-hydrogen) atoms. The van der Waals surface area contributed by atoms with E-state index in [1.54, 1.807) is 25.1 Å². The van der Waals surface area contributed by atoms with Crippen LogP contribution in [-0.2, 0) is 14.9 Å². The van der Waals surface area contributed by atoms with Gasteiger partial charge in [0.25, 0.3) is 5.91 Å². The molecule has 0 bridgehead atoms. The summed E-state index contributed by atoms with van der Waals surface area (Å²) in [5.74, 6) is 2.24. The quantitative estimate of drug-likeness (QED) is 0.156. The maximum absolute atomic E-state index is 13.6. The average molecular weight is 675 g/mol. The van der Waals surface area contributed by atoms with Gasteiger partial charge in [0.2, 0.25) is 5.91 Å².